The number of anilines is 3. The van der Waals surface area contributed by atoms with Gasteiger partial charge in [-0.05, 0) is 12.1 Å². The molecule has 2 amide bonds. The predicted molar refractivity (Wildman–Crippen MR) is 91.1 cm³/mol. The van der Waals surface area contributed by atoms with Crippen LogP contribution >= 0.6 is 11.3 Å². The molecule has 0 aliphatic rings. The number of carbonyl (C=O) groups is 2. The second-order valence-corrected chi connectivity index (χ2v) is 5.63. The summed E-state index contributed by atoms with van der Waals surface area (Å²) in [4.78, 5) is 35.7. The highest BCUT2D eigenvalue weighted by Gasteiger charge is 2.15. The number of hydrogen-bond acceptors (Lipinski definition) is 8. The van der Waals surface area contributed by atoms with Crippen LogP contribution < -0.4 is 22.1 Å². The monoisotopic (exact) mass is 343 g/mol. The van der Waals surface area contributed by atoms with E-state index < -0.39 is 11.8 Å². The van der Waals surface area contributed by atoms with E-state index in [-0.39, 0.29) is 18.1 Å². The van der Waals surface area contributed by atoms with Crippen molar-refractivity contribution < 1.29 is 9.59 Å². The molecule has 0 radical (unpaired) electrons. The van der Waals surface area contributed by atoms with Crippen LogP contribution in [0.5, 0.6) is 0 Å². The molecule has 3 rings (SSSR count). The SMILES string of the molecule is NC(=O)CNc1cnc(C(N)=O)c(Nc2csc3ncccc23)n1. The summed E-state index contributed by atoms with van der Waals surface area (Å²) in [6, 6.07) is 3.71. The maximum absolute atomic E-state index is 11.6. The van der Waals surface area contributed by atoms with Gasteiger partial charge >= 0.3 is 0 Å². The van der Waals surface area contributed by atoms with Crippen LogP contribution in [-0.2, 0) is 4.79 Å². The standard InChI is InChI=1S/C14H13N7O2S/c15-9(22)4-18-10-5-19-11(12(16)23)13(21-10)20-8-6-24-14-7(8)2-1-3-17-14/h1-3,5-6H,4H2,(H2,15,22)(H2,16,23)(H2,18,20,21). The third-order valence-electron chi connectivity index (χ3n) is 3.05. The molecular formula is C14H13N7O2S. The van der Waals surface area contributed by atoms with Gasteiger partial charge in [-0.1, -0.05) is 0 Å². The van der Waals surface area contributed by atoms with E-state index in [1.807, 2.05) is 17.5 Å². The van der Waals surface area contributed by atoms with Gasteiger partial charge in [0.25, 0.3) is 5.91 Å². The number of fused-ring (bicyclic) bond motifs is 1. The number of primary amides is 2. The van der Waals surface area contributed by atoms with Gasteiger partial charge in [-0.2, -0.15) is 0 Å². The topological polar surface area (TPSA) is 149 Å². The zero-order chi connectivity index (χ0) is 17.1. The van der Waals surface area contributed by atoms with Gasteiger partial charge in [-0.3, -0.25) is 9.59 Å². The summed E-state index contributed by atoms with van der Waals surface area (Å²) < 4.78 is 0. The van der Waals surface area contributed by atoms with Crippen LogP contribution in [0.15, 0.2) is 29.9 Å². The van der Waals surface area contributed by atoms with E-state index in [0.717, 1.165) is 15.9 Å². The summed E-state index contributed by atoms with van der Waals surface area (Å²) in [5, 5.41) is 8.50. The molecule has 0 saturated carbocycles. The Balaban J connectivity index is 1.96. The molecule has 9 nitrogen and oxygen atoms in total. The normalized spacial score (nSPS) is 10.5. The van der Waals surface area contributed by atoms with Crippen LogP contribution in [-0.4, -0.2) is 33.3 Å². The quantitative estimate of drug-likeness (QED) is 0.517. The van der Waals surface area contributed by atoms with Crippen molar-refractivity contribution >= 4 is 50.7 Å². The molecule has 0 aromatic carbocycles. The average Bonchev–Trinajstić information content (AvgIpc) is 2.96. The van der Waals surface area contributed by atoms with Gasteiger partial charge < -0.3 is 22.1 Å². The summed E-state index contributed by atoms with van der Waals surface area (Å²) in [5.74, 6) is -0.788. The predicted octanol–water partition coefficient (Wildman–Crippen LogP) is 0.826. The van der Waals surface area contributed by atoms with Crippen LogP contribution in [0.4, 0.5) is 17.3 Å². The summed E-state index contributed by atoms with van der Waals surface area (Å²) in [6.07, 6.45) is 3.01. The number of carbonyl (C=O) groups excluding carboxylic acids is 2. The Kier molecular flexibility index (Phi) is 4.20. The van der Waals surface area contributed by atoms with E-state index in [9.17, 15) is 9.59 Å². The molecule has 0 bridgehead atoms. The average molecular weight is 343 g/mol. The molecular weight excluding hydrogens is 330 g/mol. The first-order valence-corrected chi connectivity index (χ1v) is 7.71. The van der Waals surface area contributed by atoms with Gasteiger partial charge in [0, 0.05) is 17.0 Å². The molecule has 0 fully saturated rings. The number of nitrogens with two attached hydrogens (primary N) is 2. The summed E-state index contributed by atoms with van der Waals surface area (Å²) in [7, 11) is 0. The Morgan fingerprint density at radius 3 is 2.83 bits per heavy atom. The maximum atomic E-state index is 11.6. The van der Waals surface area contributed by atoms with E-state index >= 15 is 0 Å². The fourth-order valence-corrected chi connectivity index (χ4v) is 2.85. The minimum Gasteiger partial charge on any atom is -0.368 e. The molecule has 0 atom stereocenters. The number of nitrogens with one attached hydrogen (secondary N) is 2. The lowest BCUT2D eigenvalue weighted by Gasteiger charge is -2.10. The zero-order valence-electron chi connectivity index (χ0n) is 12.3. The third-order valence-corrected chi connectivity index (χ3v) is 3.95. The first-order chi connectivity index (χ1) is 11.5. The largest absolute Gasteiger partial charge is 0.368 e. The van der Waals surface area contributed by atoms with E-state index in [2.05, 4.69) is 25.6 Å². The van der Waals surface area contributed by atoms with Gasteiger partial charge in [0.15, 0.2) is 11.5 Å². The molecule has 0 saturated heterocycles. The molecule has 24 heavy (non-hydrogen) atoms. The Hall–Kier alpha value is -3.27. The van der Waals surface area contributed by atoms with Crippen molar-refractivity contribution in [3.8, 4) is 0 Å². The maximum Gasteiger partial charge on any atom is 0.271 e. The van der Waals surface area contributed by atoms with Crippen molar-refractivity contribution in [1.29, 1.82) is 0 Å². The van der Waals surface area contributed by atoms with E-state index in [4.69, 9.17) is 11.5 Å². The number of nitrogens with zero attached hydrogens (tertiary/aromatic N) is 3. The van der Waals surface area contributed by atoms with Gasteiger partial charge in [0.05, 0.1) is 18.4 Å². The molecule has 0 aliphatic heterocycles. The lowest BCUT2D eigenvalue weighted by atomic mass is 10.3. The van der Waals surface area contributed by atoms with Gasteiger partial charge in [-0.15, -0.1) is 11.3 Å². The van der Waals surface area contributed by atoms with Gasteiger partial charge in [-0.25, -0.2) is 15.0 Å². The summed E-state index contributed by atoms with van der Waals surface area (Å²) in [6.45, 7) is -0.102. The molecule has 10 heteroatoms. The lowest BCUT2D eigenvalue weighted by Crippen LogP contribution is -2.23. The van der Waals surface area contributed by atoms with Crippen molar-refractivity contribution in [2.75, 3.05) is 17.2 Å². The molecule has 3 heterocycles. The zero-order valence-corrected chi connectivity index (χ0v) is 13.1. The molecule has 6 N–H and O–H groups in total. The van der Waals surface area contributed by atoms with Crippen molar-refractivity contribution in [2.24, 2.45) is 11.5 Å². The van der Waals surface area contributed by atoms with Crippen molar-refractivity contribution in [1.82, 2.24) is 15.0 Å². The number of pyridine rings is 1. The van der Waals surface area contributed by atoms with Crippen molar-refractivity contribution in [3.63, 3.8) is 0 Å². The Morgan fingerprint density at radius 2 is 2.08 bits per heavy atom. The molecule has 122 valence electrons. The Bertz CT molecular complexity index is 924. The van der Waals surface area contributed by atoms with E-state index in [0.29, 0.717) is 5.82 Å². The number of hydrogen-bond donors (Lipinski definition) is 4. The molecule has 0 unspecified atom stereocenters. The Labute approximate surface area is 140 Å². The fourth-order valence-electron chi connectivity index (χ4n) is 2.01. The smallest absolute Gasteiger partial charge is 0.271 e. The van der Waals surface area contributed by atoms with Crippen LogP contribution in [0.1, 0.15) is 10.5 Å². The highest BCUT2D eigenvalue weighted by atomic mass is 32.1. The minimum atomic E-state index is -0.718. The molecule has 0 spiro atoms. The lowest BCUT2D eigenvalue weighted by molar-refractivity contribution is -0.116. The first-order valence-electron chi connectivity index (χ1n) is 6.83. The van der Waals surface area contributed by atoms with Crippen molar-refractivity contribution in [2.45, 2.75) is 0 Å². The fraction of sp³-hybridized carbons (Fsp3) is 0.0714. The summed E-state index contributed by atoms with van der Waals surface area (Å²) >= 11 is 1.45. The van der Waals surface area contributed by atoms with Crippen LogP contribution in [0.25, 0.3) is 10.2 Å². The third kappa shape index (κ3) is 3.22. The van der Waals surface area contributed by atoms with Gasteiger partial charge in [0.2, 0.25) is 5.91 Å². The minimum absolute atomic E-state index is 0.0112. The second kappa shape index (κ2) is 6.46. The molecule has 3 aromatic heterocycles. The number of thiophene rings is 1. The number of aromatic nitrogens is 3. The van der Waals surface area contributed by atoms with E-state index in [1.54, 1.807) is 6.20 Å². The second-order valence-electron chi connectivity index (χ2n) is 4.77. The van der Waals surface area contributed by atoms with Crippen LogP contribution in [0.2, 0.25) is 0 Å². The van der Waals surface area contributed by atoms with Gasteiger partial charge in [0.1, 0.15) is 10.6 Å². The molecule has 0 aliphatic carbocycles. The van der Waals surface area contributed by atoms with Crippen LogP contribution in [0.3, 0.4) is 0 Å². The molecule has 3 aromatic rings. The summed E-state index contributed by atoms with van der Waals surface area (Å²) in [5.41, 5.74) is 11.1. The Morgan fingerprint density at radius 1 is 1.25 bits per heavy atom. The first kappa shape index (κ1) is 15.6. The highest BCUT2D eigenvalue weighted by molar-refractivity contribution is 7.17. The van der Waals surface area contributed by atoms with E-state index in [1.165, 1.54) is 17.5 Å². The number of rotatable bonds is 6. The van der Waals surface area contributed by atoms with Crippen LogP contribution in [0, 0.1) is 0 Å². The highest BCUT2D eigenvalue weighted by Crippen LogP contribution is 2.31. The number of amides is 2. The van der Waals surface area contributed by atoms with Crippen molar-refractivity contribution in [3.05, 3.63) is 35.6 Å².